The van der Waals surface area contributed by atoms with Crippen LogP contribution in [-0.2, 0) is 0 Å². The van der Waals surface area contributed by atoms with Gasteiger partial charge in [0.05, 0.1) is 4.92 Å². The molecule has 104 valence electrons. The van der Waals surface area contributed by atoms with Crippen LogP contribution in [0.15, 0.2) is 54.7 Å². The van der Waals surface area contributed by atoms with Crippen LogP contribution in [0.2, 0.25) is 5.02 Å². The minimum Gasteiger partial charge on any atom is -0.438 e. The first kappa shape index (κ1) is 13.3. The molecule has 0 fully saturated rings. The number of aromatic nitrogens is 1. The average molecular weight is 301 g/mol. The van der Waals surface area contributed by atoms with Crippen molar-refractivity contribution in [3.8, 4) is 11.6 Å². The van der Waals surface area contributed by atoms with Gasteiger partial charge in [-0.15, -0.1) is 0 Å². The number of nitrogens with zero attached hydrogens (tertiary/aromatic N) is 2. The summed E-state index contributed by atoms with van der Waals surface area (Å²) in [6, 6.07) is 13.9. The van der Waals surface area contributed by atoms with Crippen molar-refractivity contribution >= 4 is 28.1 Å². The molecule has 2 aromatic carbocycles. The van der Waals surface area contributed by atoms with E-state index in [1.807, 2.05) is 24.3 Å². The minimum atomic E-state index is -0.505. The Bertz CT molecular complexity index is 819. The molecule has 0 spiro atoms. The Morgan fingerprint density at radius 2 is 1.81 bits per heavy atom. The van der Waals surface area contributed by atoms with Gasteiger partial charge in [-0.2, -0.15) is 0 Å². The summed E-state index contributed by atoms with van der Waals surface area (Å²) in [5.41, 5.74) is -0.0803. The highest BCUT2D eigenvalue weighted by molar-refractivity contribution is 6.35. The molecule has 3 rings (SSSR count). The fraction of sp³-hybridized carbons (Fsp3) is 0. The molecule has 0 aliphatic rings. The predicted molar refractivity (Wildman–Crippen MR) is 79.9 cm³/mol. The van der Waals surface area contributed by atoms with Gasteiger partial charge in [0.2, 0.25) is 5.88 Å². The molecule has 0 aliphatic carbocycles. The lowest BCUT2D eigenvalue weighted by Crippen LogP contribution is -1.92. The van der Waals surface area contributed by atoms with Crippen LogP contribution in [0.25, 0.3) is 10.8 Å². The number of nitro groups is 1. The Labute approximate surface area is 124 Å². The van der Waals surface area contributed by atoms with Gasteiger partial charge in [0.1, 0.15) is 11.9 Å². The normalized spacial score (nSPS) is 10.5. The lowest BCUT2D eigenvalue weighted by molar-refractivity contribution is -0.385. The molecule has 0 N–H and O–H groups in total. The zero-order valence-corrected chi connectivity index (χ0v) is 11.4. The molecule has 0 unspecified atom stereocenters. The van der Waals surface area contributed by atoms with E-state index in [1.165, 1.54) is 12.1 Å². The van der Waals surface area contributed by atoms with Crippen molar-refractivity contribution in [3.63, 3.8) is 0 Å². The topological polar surface area (TPSA) is 65.3 Å². The third kappa shape index (κ3) is 2.64. The van der Waals surface area contributed by atoms with Crippen LogP contribution in [0, 0.1) is 10.1 Å². The van der Waals surface area contributed by atoms with Gasteiger partial charge in [0, 0.05) is 27.9 Å². The van der Waals surface area contributed by atoms with E-state index in [-0.39, 0.29) is 11.6 Å². The van der Waals surface area contributed by atoms with Crippen molar-refractivity contribution in [3.05, 3.63) is 69.9 Å². The van der Waals surface area contributed by atoms with Gasteiger partial charge < -0.3 is 4.74 Å². The van der Waals surface area contributed by atoms with Crippen LogP contribution in [0.1, 0.15) is 0 Å². The largest absolute Gasteiger partial charge is 0.438 e. The number of hydrogen-bond donors (Lipinski definition) is 0. The zero-order valence-electron chi connectivity index (χ0n) is 10.7. The summed E-state index contributed by atoms with van der Waals surface area (Å²) in [6.07, 6.45) is 1.16. The van der Waals surface area contributed by atoms with Gasteiger partial charge in [-0.25, -0.2) is 4.98 Å². The molecule has 1 aromatic heterocycles. The quantitative estimate of drug-likeness (QED) is 0.524. The maximum absolute atomic E-state index is 10.6. The molecule has 0 radical (unpaired) electrons. The van der Waals surface area contributed by atoms with Gasteiger partial charge in [0.15, 0.2) is 0 Å². The van der Waals surface area contributed by atoms with E-state index >= 15 is 0 Å². The summed E-state index contributed by atoms with van der Waals surface area (Å²) in [4.78, 5) is 14.0. The number of benzene rings is 2. The molecule has 6 heteroatoms. The summed E-state index contributed by atoms with van der Waals surface area (Å²) in [6.45, 7) is 0. The highest BCUT2D eigenvalue weighted by atomic mass is 35.5. The molecular formula is C15H9ClN2O3. The summed E-state index contributed by atoms with van der Waals surface area (Å²) >= 11 is 6.14. The first-order valence-corrected chi connectivity index (χ1v) is 6.48. The fourth-order valence-corrected chi connectivity index (χ4v) is 2.20. The van der Waals surface area contributed by atoms with Crippen LogP contribution in [0.4, 0.5) is 5.69 Å². The lowest BCUT2D eigenvalue weighted by Gasteiger charge is -2.09. The van der Waals surface area contributed by atoms with Crippen molar-refractivity contribution < 1.29 is 9.66 Å². The molecule has 21 heavy (non-hydrogen) atoms. The van der Waals surface area contributed by atoms with Gasteiger partial charge in [-0.3, -0.25) is 10.1 Å². The molecule has 5 nitrogen and oxygen atoms in total. The third-order valence-corrected chi connectivity index (χ3v) is 3.31. The Morgan fingerprint density at radius 3 is 2.48 bits per heavy atom. The molecule has 3 aromatic rings. The van der Waals surface area contributed by atoms with E-state index in [0.717, 1.165) is 17.0 Å². The van der Waals surface area contributed by atoms with Gasteiger partial charge >= 0.3 is 0 Å². The van der Waals surface area contributed by atoms with Crippen LogP contribution < -0.4 is 4.74 Å². The molecule has 0 bridgehead atoms. The molecule has 0 aliphatic heterocycles. The summed E-state index contributed by atoms with van der Waals surface area (Å²) < 4.78 is 5.69. The van der Waals surface area contributed by atoms with Crippen LogP contribution in [0.3, 0.4) is 0 Å². The number of halogens is 1. The second-order valence-electron chi connectivity index (χ2n) is 4.30. The first-order valence-electron chi connectivity index (χ1n) is 6.11. The highest BCUT2D eigenvalue weighted by Crippen LogP contribution is 2.33. The number of rotatable bonds is 3. The van der Waals surface area contributed by atoms with Crippen LogP contribution >= 0.6 is 11.6 Å². The number of hydrogen-bond acceptors (Lipinski definition) is 4. The molecule has 0 saturated heterocycles. The fourth-order valence-electron chi connectivity index (χ4n) is 1.98. The second-order valence-corrected chi connectivity index (χ2v) is 4.71. The Hall–Kier alpha value is -2.66. The number of pyridine rings is 1. The van der Waals surface area contributed by atoms with E-state index in [2.05, 4.69) is 4.98 Å². The van der Waals surface area contributed by atoms with Gasteiger partial charge in [-0.05, 0) is 12.1 Å². The van der Waals surface area contributed by atoms with E-state index in [1.54, 1.807) is 12.1 Å². The predicted octanol–water partition coefficient (Wildman–Crippen LogP) is 4.59. The Kier molecular flexibility index (Phi) is 3.41. The summed E-state index contributed by atoms with van der Waals surface area (Å²) in [5.74, 6) is 0.879. The van der Waals surface area contributed by atoms with Crippen molar-refractivity contribution in [2.24, 2.45) is 0 Å². The number of fused-ring (bicyclic) bond motifs is 1. The van der Waals surface area contributed by atoms with Gasteiger partial charge in [0.25, 0.3) is 5.69 Å². The molecule has 0 atom stereocenters. The highest BCUT2D eigenvalue weighted by Gasteiger charge is 2.09. The maximum atomic E-state index is 10.6. The van der Waals surface area contributed by atoms with Crippen LogP contribution in [0.5, 0.6) is 11.6 Å². The third-order valence-electron chi connectivity index (χ3n) is 2.98. The lowest BCUT2D eigenvalue weighted by atomic mass is 10.1. The van der Waals surface area contributed by atoms with E-state index in [9.17, 15) is 10.1 Å². The molecule has 1 heterocycles. The maximum Gasteiger partial charge on any atom is 0.287 e. The molecule has 0 amide bonds. The Balaban J connectivity index is 1.98. The van der Waals surface area contributed by atoms with Crippen molar-refractivity contribution in [1.82, 2.24) is 4.98 Å². The summed E-state index contributed by atoms with van der Waals surface area (Å²) in [5, 5.41) is 13.0. The first-order chi connectivity index (χ1) is 10.1. The standard InChI is InChI=1S/C15H9ClN2O3/c16-13-6-7-14(12-4-2-1-3-11(12)13)21-15-8-5-10(9-17-15)18(19)20/h1-9H. The molecule has 0 saturated carbocycles. The van der Waals surface area contributed by atoms with Crippen molar-refractivity contribution in [2.75, 3.05) is 0 Å². The summed E-state index contributed by atoms with van der Waals surface area (Å²) in [7, 11) is 0. The zero-order chi connectivity index (χ0) is 14.8. The Morgan fingerprint density at radius 1 is 1.05 bits per heavy atom. The van der Waals surface area contributed by atoms with E-state index in [4.69, 9.17) is 16.3 Å². The second kappa shape index (κ2) is 5.38. The van der Waals surface area contributed by atoms with Crippen molar-refractivity contribution in [2.45, 2.75) is 0 Å². The smallest absolute Gasteiger partial charge is 0.287 e. The average Bonchev–Trinajstić information content (AvgIpc) is 2.51. The van der Waals surface area contributed by atoms with Crippen LogP contribution in [-0.4, -0.2) is 9.91 Å². The van der Waals surface area contributed by atoms with E-state index < -0.39 is 4.92 Å². The minimum absolute atomic E-state index is 0.0803. The van der Waals surface area contributed by atoms with E-state index in [0.29, 0.717) is 10.8 Å². The van der Waals surface area contributed by atoms with Gasteiger partial charge in [-0.1, -0.05) is 35.9 Å². The monoisotopic (exact) mass is 300 g/mol. The molecular weight excluding hydrogens is 292 g/mol. The SMILES string of the molecule is O=[N+]([O-])c1ccc(Oc2ccc(Cl)c3ccccc23)nc1. The number of ether oxygens (including phenoxy) is 1. The van der Waals surface area contributed by atoms with Crippen molar-refractivity contribution in [1.29, 1.82) is 0 Å².